The molecule has 0 atom stereocenters. The van der Waals surface area contributed by atoms with Crippen molar-refractivity contribution in [2.45, 2.75) is 18.4 Å². The van der Waals surface area contributed by atoms with Crippen LogP contribution in [0.5, 0.6) is 0 Å². The van der Waals surface area contributed by atoms with Gasteiger partial charge in [0.25, 0.3) is 0 Å². The Morgan fingerprint density at radius 3 is 2.73 bits per heavy atom. The van der Waals surface area contributed by atoms with Crippen molar-refractivity contribution in [2.24, 2.45) is 5.73 Å². The normalized spacial score (nSPS) is 15.7. The number of ketones is 1. The zero-order chi connectivity index (χ0) is 15.2. The Morgan fingerprint density at radius 2 is 2.00 bits per heavy atom. The van der Waals surface area contributed by atoms with Crippen molar-refractivity contribution in [3.05, 3.63) is 71.0 Å². The first-order chi connectivity index (χ1) is 10.7. The number of furan rings is 1. The molecule has 0 radical (unpaired) electrons. The molecule has 110 valence electrons. The molecule has 0 unspecified atom stereocenters. The van der Waals surface area contributed by atoms with Gasteiger partial charge in [0.15, 0.2) is 5.76 Å². The van der Waals surface area contributed by atoms with Crippen LogP contribution in [0.15, 0.2) is 59.2 Å². The van der Waals surface area contributed by atoms with Crippen LogP contribution < -0.4 is 5.73 Å². The monoisotopic (exact) mass is 309 g/mol. The molecule has 0 saturated heterocycles. The van der Waals surface area contributed by atoms with E-state index in [0.29, 0.717) is 10.6 Å². The molecule has 4 rings (SSSR count). The minimum atomic E-state index is -0.139. The second kappa shape index (κ2) is 4.93. The van der Waals surface area contributed by atoms with Gasteiger partial charge in [-0.1, -0.05) is 18.2 Å². The molecule has 1 aliphatic carbocycles. The van der Waals surface area contributed by atoms with E-state index in [2.05, 4.69) is 18.2 Å². The highest BCUT2D eigenvalue weighted by Crippen LogP contribution is 2.43. The zero-order valence-corrected chi connectivity index (χ0v) is 12.7. The van der Waals surface area contributed by atoms with Crippen LogP contribution in [0, 0.1) is 0 Å². The lowest BCUT2D eigenvalue weighted by molar-refractivity contribution is 0.101. The third kappa shape index (κ3) is 2.30. The van der Waals surface area contributed by atoms with Crippen LogP contribution in [-0.2, 0) is 5.54 Å². The standard InChI is InChI=1S/C18H15NO2S/c19-18(8-9-18)13-4-1-3-12(11-13)15-6-7-16(22-15)17(20)14-5-2-10-21-14/h1-7,10-11H,8-9,19H2. The summed E-state index contributed by atoms with van der Waals surface area (Å²) in [5.41, 5.74) is 8.42. The highest BCUT2D eigenvalue weighted by Gasteiger charge is 2.39. The molecule has 2 N–H and O–H groups in total. The minimum absolute atomic E-state index is 0.0742. The number of thiophene rings is 1. The molecule has 2 heterocycles. The molecule has 1 aliphatic rings. The largest absolute Gasteiger partial charge is 0.461 e. The topological polar surface area (TPSA) is 56.2 Å². The maximum absolute atomic E-state index is 12.3. The lowest BCUT2D eigenvalue weighted by Crippen LogP contribution is -2.18. The van der Waals surface area contributed by atoms with Crippen LogP contribution in [0.3, 0.4) is 0 Å². The summed E-state index contributed by atoms with van der Waals surface area (Å²) >= 11 is 1.48. The third-order valence-electron chi connectivity index (χ3n) is 4.09. The Bertz CT molecular complexity index is 828. The molecule has 0 aliphatic heterocycles. The van der Waals surface area contributed by atoms with E-state index >= 15 is 0 Å². The first-order valence-corrected chi connectivity index (χ1v) is 8.05. The smallest absolute Gasteiger partial charge is 0.238 e. The van der Waals surface area contributed by atoms with E-state index in [1.54, 1.807) is 12.1 Å². The Balaban J connectivity index is 1.66. The fraction of sp³-hybridized carbons (Fsp3) is 0.167. The summed E-state index contributed by atoms with van der Waals surface area (Å²) in [5, 5.41) is 0. The van der Waals surface area contributed by atoms with Crippen molar-refractivity contribution in [1.29, 1.82) is 0 Å². The van der Waals surface area contributed by atoms with Gasteiger partial charge in [0.1, 0.15) is 0 Å². The van der Waals surface area contributed by atoms with Gasteiger partial charge in [-0.15, -0.1) is 11.3 Å². The maximum atomic E-state index is 12.3. The van der Waals surface area contributed by atoms with Crippen LogP contribution in [0.2, 0.25) is 0 Å². The number of rotatable bonds is 4. The van der Waals surface area contributed by atoms with E-state index in [1.807, 2.05) is 18.2 Å². The number of carbonyl (C=O) groups excluding carboxylic acids is 1. The average molecular weight is 309 g/mol. The fourth-order valence-electron chi connectivity index (χ4n) is 2.55. The lowest BCUT2D eigenvalue weighted by Gasteiger charge is -2.10. The second-order valence-corrected chi connectivity index (χ2v) is 6.79. The fourth-order valence-corrected chi connectivity index (χ4v) is 3.50. The van der Waals surface area contributed by atoms with Gasteiger partial charge in [-0.05, 0) is 54.3 Å². The van der Waals surface area contributed by atoms with E-state index in [1.165, 1.54) is 23.2 Å². The molecule has 3 aromatic rings. The van der Waals surface area contributed by atoms with Gasteiger partial charge in [-0.3, -0.25) is 4.79 Å². The molecule has 1 fully saturated rings. The first-order valence-electron chi connectivity index (χ1n) is 7.24. The van der Waals surface area contributed by atoms with E-state index < -0.39 is 0 Å². The summed E-state index contributed by atoms with van der Waals surface area (Å²) in [4.78, 5) is 14.0. The number of nitrogens with two attached hydrogens (primary N) is 1. The van der Waals surface area contributed by atoms with E-state index in [-0.39, 0.29) is 11.3 Å². The van der Waals surface area contributed by atoms with Gasteiger partial charge >= 0.3 is 0 Å². The summed E-state index contributed by atoms with van der Waals surface area (Å²) in [6, 6.07) is 15.6. The van der Waals surface area contributed by atoms with Crippen LogP contribution >= 0.6 is 11.3 Å². The van der Waals surface area contributed by atoms with E-state index in [9.17, 15) is 4.79 Å². The zero-order valence-electron chi connectivity index (χ0n) is 11.9. The number of hydrogen-bond acceptors (Lipinski definition) is 4. The molecule has 0 spiro atoms. The lowest BCUT2D eigenvalue weighted by atomic mass is 10.0. The summed E-state index contributed by atoms with van der Waals surface area (Å²) in [5.74, 6) is 0.302. The average Bonchev–Trinajstić information content (AvgIpc) is 3.03. The molecule has 1 saturated carbocycles. The van der Waals surface area contributed by atoms with Crippen molar-refractivity contribution in [1.82, 2.24) is 0 Å². The van der Waals surface area contributed by atoms with Crippen LogP contribution in [0.4, 0.5) is 0 Å². The summed E-state index contributed by atoms with van der Waals surface area (Å²) in [7, 11) is 0. The first kappa shape index (κ1) is 13.5. The van der Waals surface area contributed by atoms with Gasteiger partial charge in [-0.25, -0.2) is 0 Å². The van der Waals surface area contributed by atoms with Crippen molar-refractivity contribution < 1.29 is 9.21 Å². The van der Waals surface area contributed by atoms with Crippen molar-refractivity contribution in [3.63, 3.8) is 0 Å². The van der Waals surface area contributed by atoms with Crippen molar-refractivity contribution in [2.75, 3.05) is 0 Å². The SMILES string of the molecule is NC1(c2cccc(-c3ccc(C(=O)c4ccco4)s3)c2)CC1. The van der Waals surface area contributed by atoms with Gasteiger partial charge in [0, 0.05) is 10.4 Å². The van der Waals surface area contributed by atoms with Gasteiger partial charge in [0.2, 0.25) is 5.78 Å². The summed E-state index contributed by atoms with van der Waals surface area (Å²) in [6.45, 7) is 0. The van der Waals surface area contributed by atoms with Crippen LogP contribution in [-0.4, -0.2) is 5.78 Å². The predicted molar refractivity (Wildman–Crippen MR) is 87.0 cm³/mol. The molecule has 3 nitrogen and oxygen atoms in total. The number of carbonyl (C=O) groups is 1. The van der Waals surface area contributed by atoms with E-state index in [4.69, 9.17) is 10.2 Å². The van der Waals surface area contributed by atoms with Crippen LogP contribution in [0.25, 0.3) is 10.4 Å². The number of hydrogen-bond donors (Lipinski definition) is 1. The summed E-state index contributed by atoms with van der Waals surface area (Å²) in [6.07, 6.45) is 3.60. The highest BCUT2D eigenvalue weighted by atomic mass is 32.1. The van der Waals surface area contributed by atoms with Crippen LogP contribution in [0.1, 0.15) is 33.8 Å². The van der Waals surface area contributed by atoms with Crippen molar-refractivity contribution in [3.8, 4) is 10.4 Å². The predicted octanol–water partition coefficient (Wildman–Crippen LogP) is 4.19. The van der Waals surface area contributed by atoms with Gasteiger partial charge in [0.05, 0.1) is 11.1 Å². The van der Waals surface area contributed by atoms with Gasteiger partial charge in [-0.2, -0.15) is 0 Å². The minimum Gasteiger partial charge on any atom is -0.461 e. The molecule has 22 heavy (non-hydrogen) atoms. The third-order valence-corrected chi connectivity index (χ3v) is 5.22. The molecule has 2 aromatic heterocycles. The Morgan fingerprint density at radius 1 is 1.14 bits per heavy atom. The Kier molecular flexibility index (Phi) is 3.03. The number of benzene rings is 1. The Labute approximate surface area is 132 Å². The molecule has 1 aromatic carbocycles. The Hall–Kier alpha value is -2.17. The second-order valence-electron chi connectivity index (χ2n) is 5.71. The molecular formula is C18H15NO2S. The molecule has 0 bridgehead atoms. The van der Waals surface area contributed by atoms with E-state index in [0.717, 1.165) is 23.3 Å². The van der Waals surface area contributed by atoms with Gasteiger partial charge < -0.3 is 10.2 Å². The molecular weight excluding hydrogens is 294 g/mol. The molecule has 4 heteroatoms. The van der Waals surface area contributed by atoms with Crippen molar-refractivity contribution >= 4 is 17.1 Å². The molecule has 0 amide bonds. The highest BCUT2D eigenvalue weighted by molar-refractivity contribution is 7.17. The summed E-state index contributed by atoms with van der Waals surface area (Å²) < 4.78 is 5.18. The quantitative estimate of drug-likeness (QED) is 0.735. The maximum Gasteiger partial charge on any atom is 0.238 e.